The van der Waals surface area contributed by atoms with Gasteiger partial charge in [-0.3, -0.25) is 0 Å². The van der Waals surface area contributed by atoms with Crippen LogP contribution in [0.5, 0.6) is 0 Å². The van der Waals surface area contributed by atoms with E-state index in [0.717, 1.165) is 19.6 Å². The van der Waals surface area contributed by atoms with Gasteiger partial charge < -0.3 is 15.1 Å². The fraction of sp³-hybridized carbons (Fsp3) is 0.647. The van der Waals surface area contributed by atoms with Gasteiger partial charge in [-0.15, -0.1) is 0 Å². The number of likely N-dealkylation sites (tertiary alicyclic amines) is 1. The van der Waals surface area contributed by atoms with Crippen LogP contribution in [0.1, 0.15) is 31.7 Å². The highest BCUT2D eigenvalue weighted by Crippen LogP contribution is 2.23. The minimum absolute atomic E-state index is 0.937. The molecular weight excluding hydrogens is 326 g/mol. The Labute approximate surface area is 137 Å². The van der Waals surface area contributed by atoms with Crippen LogP contribution in [0.15, 0.2) is 22.7 Å². The first-order valence-corrected chi connectivity index (χ1v) is 8.92. The monoisotopic (exact) mass is 353 g/mol. The first kappa shape index (κ1) is 16.8. The van der Waals surface area contributed by atoms with Crippen LogP contribution < -0.4 is 10.2 Å². The average Bonchev–Trinajstić information content (AvgIpc) is 3.00. The van der Waals surface area contributed by atoms with Crippen molar-refractivity contribution in [1.82, 2.24) is 10.2 Å². The van der Waals surface area contributed by atoms with Gasteiger partial charge in [-0.05, 0) is 56.6 Å². The van der Waals surface area contributed by atoms with E-state index in [1.54, 1.807) is 0 Å². The maximum Gasteiger partial charge on any atom is 0.0375 e. The second-order valence-electron chi connectivity index (χ2n) is 5.92. The van der Waals surface area contributed by atoms with Crippen LogP contribution in [-0.2, 0) is 6.54 Å². The summed E-state index contributed by atoms with van der Waals surface area (Å²) >= 11 is 3.71. The van der Waals surface area contributed by atoms with Gasteiger partial charge in [0.1, 0.15) is 0 Å². The molecule has 2 rings (SSSR count). The first-order valence-electron chi connectivity index (χ1n) is 8.13. The summed E-state index contributed by atoms with van der Waals surface area (Å²) in [5.41, 5.74) is 2.63. The van der Waals surface area contributed by atoms with Gasteiger partial charge in [0.05, 0.1) is 0 Å². The van der Waals surface area contributed by atoms with Gasteiger partial charge in [0.25, 0.3) is 0 Å². The van der Waals surface area contributed by atoms with E-state index in [2.05, 4.69) is 63.2 Å². The minimum atomic E-state index is 0.937. The topological polar surface area (TPSA) is 18.5 Å². The third-order valence-corrected chi connectivity index (χ3v) is 4.91. The standard InChI is InChI=1S/C17H28BrN3/c1-3-8-19-14-15-6-7-16(13-17(15)18)20(2)11-12-21-9-4-5-10-21/h6-7,13,19H,3-5,8-12,14H2,1-2H3. The zero-order valence-corrected chi connectivity index (χ0v) is 15.0. The van der Waals surface area contributed by atoms with Crippen molar-refractivity contribution in [1.29, 1.82) is 0 Å². The average molecular weight is 354 g/mol. The lowest BCUT2D eigenvalue weighted by atomic mass is 10.2. The van der Waals surface area contributed by atoms with Crippen molar-refractivity contribution >= 4 is 21.6 Å². The van der Waals surface area contributed by atoms with E-state index in [1.807, 2.05) is 0 Å². The predicted molar refractivity (Wildman–Crippen MR) is 95.1 cm³/mol. The largest absolute Gasteiger partial charge is 0.373 e. The summed E-state index contributed by atoms with van der Waals surface area (Å²) in [6, 6.07) is 6.71. The number of hydrogen-bond acceptors (Lipinski definition) is 3. The minimum Gasteiger partial charge on any atom is -0.373 e. The number of hydrogen-bond donors (Lipinski definition) is 1. The Kier molecular flexibility index (Phi) is 7.00. The molecule has 1 aliphatic rings. The Morgan fingerprint density at radius 1 is 1.29 bits per heavy atom. The maximum absolute atomic E-state index is 3.71. The van der Waals surface area contributed by atoms with Crippen molar-refractivity contribution in [3.8, 4) is 0 Å². The van der Waals surface area contributed by atoms with E-state index in [4.69, 9.17) is 0 Å². The van der Waals surface area contributed by atoms with Crippen molar-refractivity contribution in [2.75, 3.05) is 44.7 Å². The fourth-order valence-corrected chi connectivity index (χ4v) is 3.25. The summed E-state index contributed by atoms with van der Waals surface area (Å²) in [6.45, 7) is 9.03. The lowest BCUT2D eigenvalue weighted by Crippen LogP contribution is -2.31. The van der Waals surface area contributed by atoms with E-state index in [0.29, 0.717) is 0 Å². The van der Waals surface area contributed by atoms with Crippen LogP contribution in [0.3, 0.4) is 0 Å². The number of benzene rings is 1. The molecule has 1 fully saturated rings. The summed E-state index contributed by atoms with van der Waals surface area (Å²) in [5, 5.41) is 3.45. The van der Waals surface area contributed by atoms with E-state index >= 15 is 0 Å². The highest BCUT2D eigenvalue weighted by Gasteiger charge is 2.12. The lowest BCUT2D eigenvalue weighted by Gasteiger charge is -2.23. The summed E-state index contributed by atoms with van der Waals surface area (Å²) in [5.74, 6) is 0. The van der Waals surface area contributed by atoms with Gasteiger partial charge in [0.15, 0.2) is 0 Å². The summed E-state index contributed by atoms with van der Waals surface area (Å²) < 4.78 is 1.21. The second-order valence-corrected chi connectivity index (χ2v) is 6.78. The molecular formula is C17H28BrN3. The molecule has 4 heteroatoms. The van der Waals surface area contributed by atoms with Gasteiger partial charge in [-0.2, -0.15) is 0 Å². The number of nitrogens with zero attached hydrogens (tertiary/aromatic N) is 2. The van der Waals surface area contributed by atoms with Crippen LogP contribution in [0.25, 0.3) is 0 Å². The zero-order chi connectivity index (χ0) is 15.1. The molecule has 21 heavy (non-hydrogen) atoms. The molecule has 0 spiro atoms. The fourth-order valence-electron chi connectivity index (χ4n) is 2.74. The van der Waals surface area contributed by atoms with Crippen LogP contribution in [0.2, 0.25) is 0 Å². The number of nitrogens with one attached hydrogen (secondary N) is 1. The van der Waals surface area contributed by atoms with Gasteiger partial charge in [-0.1, -0.05) is 28.9 Å². The quantitative estimate of drug-likeness (QED) is 0.721. The van der Waals surface area contributed by atoms with E-state index < -0.39 is 0 Å². The highest BCUT2D eigenvalue weighted by molar-refractivity contribution is 9.10. The molecule has 0 atom stereocenters. The molecule has 1 aromatic rings. The first-order chi connectivity index (χ1) is 10.2. The maximum atomic E-state index is 3.71. The summed E-state index contributed by atoms with van der Waals surface area (Å²) in [6.07, 6.45) is 3.92. The predicted octanol–water partition coefficient (Wildman–Crippen LogP) is 3.48. The summed E-state index contributed by atoms with van der Waals surface area (Å²) in [7, 11) is 2.19. The number of rotatable bonds is 8. The molecule has 0 aliphatic carbocycles. The van der Waals surface area contributed by atoms with Crippen LogP contribution in [-0.4, -0.2) is 44.7 Å². The molecule has 0 saturated carbocycles. The Hall–Kier alpha value is -0.580. The van der Waals surface area contributed by atoms with Crippen molar-refractivity contribution in [3.05, 3.63) is 28.2 Å². The van der Waals surface area contributed by atoms with E-state index in [-0.39, 0.29) is 0 Å². The molecule has 1 aliphatic heterocycles. The van der Waals surface area contributed by atoms with Crippen molar-refractivity contribution in [2.45, 2.75) is 32.7 Å². The lowest BCUT2D eigenvalue weighted by molar-refractivity contribution is 0.346. The smallest absolute Gasteiger partial charge is 0.0375 e. The van der Waals surface area contributed by atoms with Crippen LogP contribution in [0, 0.1) is 0 Å². The second kappa shape index (κ2) is 8.76. The van der Waals surface area contributed by atoms with Gasteiger partial charge >= 0.3 is 0 Å². The Bertz CT molecular complexity index is 430. The Balaban J connectivity index is 1.85. The van der Waals surface area contributed by atoms with Gasteiger partial charge in [0.2, 0.25) is 0 Å². The SMILES string of the molecule is CCCNCc1ccc(N(C)CCN2CCCC2)cc1Br. The third kappa shape index (κ3) is 5.28. The Morgan fingerprint density at radius 3 is 2.71 bits per heavy atom. The number of anilines is 1. The highest BCUT2D eigenvalue weighted by atomic mass is 79.9. The molecule has 0 unspecified atom stereocenters. The van der Waals surface area contributed by atoms with E-state index in [9.17, 15) is 0 Å². The molecule has 0 amide bonds. The number of halogens is 1. The molecule has 1 saturated heterocycles. The third-order valence-electron chi connectivity index (χ3n) is 4.17. The zero-order valence-electron chi connectivity index (χ0n) is 13.4. The van der Waals surface area contributed by atoms with Crippen LogP contribution in [0.4, 0.5) is 5.69 Å². The van der Waals surface area contributed by atoms with E-state index in [1.165, 1.54) is 54.6 Å². The molecule has 118 valence electrons. The molecule has 0 bridgehead atoms. The molecule has 0 radical (unpaired) electrons. The molecule has 3 nitrogen and oxygen atoms in total. The molecule has 1 heterocycles. The Morgan fingerprint density at radius 2 is 2.05 bits per heavy atom. The molecule has 1 N–H and O–H groups in total. The van der Waals surface area contributed by atoms with Crippen molar-refractivity contribution in [2.24, 2.45) is 0 Å². The van der Waals surface area contributed by atoms with Crippen molar-refractivity contribution in [3.63, 3.8) is 0 Å². The normalized spacial score (nSPS) is 15.6. The van der Waals surface area contributed by atoms with Crippen molar-refractivity contribution < 1.29 is 0 Å². The molecule has 1 aromatic carbocycles. The van der Waals surface area contributed by atoms with Gasteiger partial charge in [0, 0.05) is 36.8 Å². The number of likely N-dealkylation sites (N-methyl/N-ethyl adjacent to an activating group) is 1. The van der Waals surface area contributed by atoms with Gasteiger partial charge in [-0.25, -0.2) is 0 Å². The summed E-state index contributed by atoms with van der Waals surface area (Å²) in [4.78, 5) is 4.92. The molecule has 0 aromatic heterocycles. The van der Waals surface area contributed by atoms with Crippen LogP contribution >= 0.6 is 15.9 Å².